The van der Waals surface area contributed by atoms with Crippen molar-refractivity contribution in [2.24, 2.45) is 0 Å². The number of rotatable bonds is 9. The fourth-order valence-corrected chi connectivity index (χ4v) is 1.98. The molecule has 1 aromatic rings. The van der Waals surface area contributed by atoms with Crippen LogP contribution in [0.1, 0.15) is 49.9 Å². The third kappa shape index (κ3) is 6.50. The van der Waals surface area contributed by atoms with Gasteiger partial charge in [0.1, 0.15) is 6.61 Å². The maximum absolute atomic E-state index is 11.9. The van der Waals surface area contributed by atoms with Crippen molar-refractivity contribution in [1.29, 1.82) is 0 Å². The molecular formula is C16H24O3. The number of hydrogen-bond donors (Lipinski definition) is 1. The van der Waals surface area contributed by atoms with E-state index in [0.717, 1.165) is 19.3 Å². The van der Waals surface area contributed by atoms with Gasteiger partial charge in [-0.25, -0.2) is 0 Å². The number of ketones is 1. The monoisotopic (exact) mass is 264 g/mol. The Bertz CT molecular complexity index is 360. The number of hydrogen-bond acceptors (Lipinski definition) is 3. The summed E-state index contributed by atoms with van der Waals surface area (Å²) in [4.78, 5) is 11.9. The molecule has 2 atom stereocenters. The molecule has 3 heteroatoms. The second kappa shape index (κ2) is 8.83. The lowest BCUT2D eigenvalue weighted by atomic mass is 10.1. The number of unbranched alkanes of at least 4 members (excludes halogenated alkanes) is 1. The molecule has 2 unspecified atom stereocenters. The summed E-state index contributed by atoms with van der Waals surface area (Å²) in [5.74, 6) is -0.00677. The van der Waals surface area contributed by atoms with Crippen LogP contribution in [0.4, 0.5) is 0 Å². The van der Waals surface area contributed by atoms with Crippen molar-refractivity contribution in [2.75, 3.05) is 6.61 Å². The Hall–Kier alpha value is -1.19. The summed E-state index contributed by atoms with van der Waals surface area (Å²) in [6, 6.07) is 9.16. The Balaban J connectivity index is 2.44. The van der Waals surface area contributed by atoms with Crippen LogP contribution < -0.4 is 0 Å². The first-order valence-corrected chi connectivity index (χ1v) is 7.01. The summed E-state index contributed by atoms with van der Waals surface area (Å²) < 4.78 is 5.66. The quantitative estimate of drug-likeness (QED) is 0.697. The molecule has 0 saturated heterocycles. The van der Waals surface area contributed by atoms with E-state index in [-0.39, 0.29) is 18.5 Å². The molecule has 0 heterocycles. The van der Waals surface area contributed by atoms with Gasteiger partial charge in [0.05, 0.1) is 12.2 Å². The normalized spacial score (nSPS) is 14.1. The lowest BCUT2D eigenvalue weighted by Crippen LogP contribution is -2.22. The van der Waals surface area contributed by atoms with Crippen LogP contribution in [0.5, 0.6) is 0 Å². The molecule has 1 rings (SSSR count). The molecule has 0 aliphatic heterocycles. The first-order valence-electron chi connectivity index (χ1n) is 7.01. The first-order chi connectivity index (χ1) is 9.13. The molecule has 106 valence electrons. The molecule has 0 aliphatic rings. The topological polar surface area (TPSA) is 46.5 Å². The molecule has 0 spiro atoms. The number of Topliss-reactive ketones (excluding diaryl/α,β-unsaturated/α-hetero) is 1. The minimum atomic E-state index is -0.395. The Morgan fingerprint density at radius 2 is 2.00 bits per heavy atom. The van der Waals surface area contributed by atoms with Gasteiger partial charge in [-0.15, -0.1) is 0 Å². The molecule has 0 bridgehead atoms. The van der Waals surface area contributed by atoms with Gasteiger partial charge in [0.25, 0.3) is 0 Å². The van der Waals surface area contributed by atoms with Crippen molar-refractivity contribution in [3.05, 3.63) is 35.9 Å². The number of aliphatic hydroxyl groups is 1. The summed E-state index contributed by atoms with van der Waals surface area (Å²) in [6.45, 7) is 3.96. The van der Waals surface area contributed by atoms with Crippen molar-refractivity contribution >= 4 is 5.78 Å². The van der Waals surface area contributed by atoms with Crippen LogP contribution in [0.25, 0.3) is 0 Å². The second-order valence-corrected chi connectivity index (χ2v) is 4.95. The Labute approximate surface area is 115 Å². The summed E-state index contributed by atoms with van der Waals surface area (Å²) in [6.07, 6.45) is 3.19. The molecule has 0 aromatic heterocycles. The van der Waals surface area contributed by atoms with Crippen molar-refractivity contribution in [2.45, 2.75) is 51.7 Å². The highest BCUT2D eigenvalue weighted by atomic mass is 16.5. The molecule has 3 nitrogen and oxygen atoms in total. The zero-order valence-electron chi connectivity index (χ0n) is 11.8. The maximum atomic E-state index is 11.9. The van der Waals surface area contributed by atoms with Crippen molar-refractivity contribution in [3.8, 4) is 0 Å². The van der Waals surface area contributed by atoms with Gasteiger partial charge < -0.3 is 9.84 Å². The van der Waals surface area contributed by atoms with Gasteiger partial charge in [-0.05, 0) is 19.8 Å². The van der Waals surface area contributed by atoms with Crippen molar-refractivity contribution < 1.29 is 14.6 Å². The third-order valence-electron chi connectivity index (χ3n) is 3.03. The van der Waals surface area contributed by atoms with E-state index < -0.39 is 6.10 Å². The van der Waals surface area contributed by atoms with Gasteiger partial charge in [0.15, 0.2) is 5.78 Å². The number of carbonyl (C=O) groups is 1. The zero-order chi connectivity index (χ0) is 14.1. The summed E-state index contributed by atoms with van der Waals surface area (Å²) in [7, 11) is 0. The predicted molar refractivity (Wildman–Crippen MR) is 76.3 cm³/mol. The molecule has 0 fully saturated rings. The minimum Gasteiger partial charge on any atom is -0.393 e. The standard InChI is InChI=1S/C16H24O3/c1-3-4-10-15(11-13(2)17)19-12-16(18)14-8-6-5-7-9-14/h5-9,13,15,17H,3-4,10-12H2,1-2H3. The predicted octanol–water partition coefficient (Wildman–Crippen LogP) is 3.22. The molecule has 0 saturated carbocycles. The summed E-state index contributed by atoms with van der Waals surface area (Å²) in [5, 5.41) is 9.44. The molecule has 0 aliphatic carbocycles. The Morgan fingerprint density at radius 3 is 2.58 bits per heavy atom. The molecule has 0 radical (unpaired) electrons. The van der Waals surface area contributed by atoms with E-state index in [9.17, 15) is 9.90 Å². The summed E-state index contributed by atoms with van der Waals surface area (Å²) >= 11 is 0. The van der Waals surface area contributed by atoms with Crippen molar-refractivity contribution in [1.82, 2.24) is 0 Å². The van der Waals surface area contributed by atoms with Crippen LogP contribution in [0, 0.1) is 0 Å². The highest BCUT2D eigenvalue weighted by Crippen LogP contribution is 2.12. The molecular weight excluding hydrogens is 240 g/mol. The number of aliphatic hydroxyl groups excluding tert-OH is 1. The van der Waals surface area contributed by atoms with E-state index in [2.05, 4.69) is 6.92 Å². The van der Waals surface area contributed by atoms with Gasteiger partial charge in [-0.3, -0.25) is 4.79 Å². The SMILES string of the molecule is CCCCC(CC(C)O)OCC(=O)c1ccccc1. The number of ether oxygens (including phenoxy) is 1. The molecule has 1 N–H and O–H groups in total. The third-order valence-corrected chi connectivity index (χ3v) is 3.03. The van der Waals surface area contributed by atoms with Crippen LogP contribution in [-0.4, -0.2) is 29.7 Å². The van der Waals surface area contributed by atoms with Gasteiger partial charge in [0, 0.05) is 5.56 Å². The highest BCUT2D eigenvalue weighted by molar-refractivity contribution is 5.96. The fraction of sp³-hybridized carbons (Fsp3) is 0.562. The maximum Gasteiger partial charge on any atom is 0.188 e. The van der Waals surface area contributed by atoms with Crippen molar-refractivity contribution in [3.63, 3.8) is 0 Å². The van der Waals surface area contributed by atoms with Crippen LogP contribution >= 0.6 is 0 Å². The average molecular weight is 264 g/mol. The van der Waals surface area contributed by atoms with Crippen LogP contribution in [0.15, 0.2) is 30.3 Å². The van der Waals surface area contributed by atoms with E-state index in [1.807, 2.05) is 18.2 Å². The smallest absolute Gasteiger partial charge is 0.188 e. The van der Waals surface area contributed by atoms with Crippen LogP contribution in [-0.2, 0) is 4.74 Å². The van der Waals surface area contributed by atoms with Gasteiger partial charge >= 0.3 is 0 Å². The van der Waals surface area contributed by atoms with E-state index in [0.29, 0.717) is 12.0 Å². The Morgan fingerprint density at radius 1 is 1.32 bits per heavy atom. The average Bonchev–Trinajstić information content (AvgIpc) is 2.42. The molecule has 19 heavy (non-hydrogen) atoms. The first kappa shape index (κ1) is 15.9. The van der Waals surface area contributed by atoms with E-state index in [1.54, 1.807) is 19.1 Å². The van der Waals surface area contributed by atoms with Crippen LogP contribution in [0.3, 0.4) is 0 Å². The van der Waals surface area contributed by atoms with Gasteiger partial charge in [-0.1, -0.05) is 50.1 Å². The van der Waals surface area contributed by atoms with Gasteiger partial charge in [-0.2, -0.15) is 0 Å². The van der Waals surface area contributed by atoms with E-state index >= 15 is 0 Å². The lowest BCUT2D eigenvalue weighted by molar-refractivity contribution is 0.0149. The molecule has 1 aromatic carbocycles. The number of carbonyl (C=O) groups excluding carboxylic acids is 1. The zero-order valence-corrected chi connectivity index (χ0v) is 11.8. The van der Waals surface area contributed by atoms with Crippen LogP contribution in [0.2, 0.25) is 0 Å². The fourth-order valence-electron chi connectivity index (χ4n) is 1.98. The second-order valence-electron chi connectivity index (χ2n) is 4.95. The largest absolute Gasteiger partial charge is 0.393 e. The van der Waals surface area contributed by atoms with E-state index in [4.69, 9.17) is 4.74 Å². The van der Waals surface area contributed by atoms with E-state index in [1.165, 1.54) is 0 Å². The van der Waals surface area contributed by atoms with Gasteiger partial charge in [0.2, 0.25) is 0 Å². The Kier molecular flexibility index (Phi) is 7.38. The number of benzene rings is 1. The lowest BCUT2D eigenvalue weighted by Gasteiger charge is -2.18. The summed E-state index contributed by atoms with van der Waals surface area (Å²) in [5.41, 5.74) is 0.675. The minimum absolute atomic E-state index is 0.00677. The highest BCUT2D eigenvalue weighted by Gasteiger charge is 2.14. The molecule has 0 amide bonds.